The number of nitrogens with one attached hydrogen (secondary N) is 1. The first kappa shape index (κ1) is 19.5. The highest BCUT2D eigenvalue weighted by molar-refractivity contribution is 7.98. The quantitative estimate of drug-likeness (QED) is 0.791. The molecule has 2 amide bonds. The van der Waals surface area contributed by atoms with Gasteiger partial charge in [-0.15, -0.1) is 12.4 Å². The number of halogens is 1. The number of rotatable bonds is 5. The van der Waals surface area contributed by atoms with Gasteiger partial charge in [0, 0.05) is 18.5 Å². The van der Waals surface area contributed by atoms with Crippen LogP contribution in [0.5, 0.6) is 0 Å². The highest BCUT2D eigenvalue weighted by atomic mass is 35.5. The van der Waals surface area contributed by atoms with E-state index in [1.807, 2.05) is 31.9 Å². The Bertz CT molecular complexity index is 347. The van der Waals surface area contributed by atoms with Crippen molar-refractivity contribution in [1.29, 1.82) is 0 Å². The highest BCUT2D eigenvalue weighted by Crippen LogP contribution is 2.21. The molecule has 1 aliphatic rings. The van der Waals surface area contributed by atoms with Crippen LogP contribution in [0, 0.1) is 0 Å². The van der Waals surface area contributed by atoms with Crippen LogP contribution in [0.3, 0.4) is 0 Å². The van der Waals surface area contributed by atoms with Gasteiger partial charge in [0.1, 0.15) is 0 Å². The summed E-state index contributed by atoms with van der Waals surface area (Å²) in [6.45, 7) is 6.57. The van der Waals surface area contributed by atoms with Gasteiger partial charge >= 0.3 is 0 Å². The van der Waals surface area contributed by atoms with Crippen LogP contribution in [0.2, 0.25) is 0 Å². The van der Waals surface area contributed by atoms with E-state index in [-0.39, 0.29) is 35.8 Å². The molecule has 0 bridgehead atoms. The number of hydrogen-bond donors (Lipinski definition) is 2. The molecule has 1 saturated heterocycles. The third kappa shape index (κ3) is 5.50. The molecule has 0 saturated carbocycles. The first-order valence-electron chi connectivity index (χ1n) is 6.61. The number of carbonyl (C=O) groups is 2. The standard InChI is InChI=1S/C13H25N3O2S.ClH/c1-13(2,3)16-8-9(7-11(16)17)15-12(18)10(14)5-6-19-4;/h9-10H,5-8,14H2,1-4H3,(H,15,18);1H/t9?,10-;/m0./s1. The lowest BCUT2D eigenvalue weighted by atomic mass is 10.1. The molecule has 7 heteroatoms. The van der Waals surface area contributed by atoms with E-state index >= 15 is 0 Å². The Labute approximate surface area is 131 Å². The summed E-state index contributed by atoms with van der Waals surface area (Å²) < 4.78 is 0. The van der Waals surface area contributed by atoms with Crippen LogP contribution in [0.25, 0.3) is 0 Å². The molecule has 0 aromatic carbocycles. The maximum Gasteiger partial charge on any atom is 0.237 e. The normalized spacial score (nSPS) is 20.6. The SMILES string of the molecule is CSCC[C@H](N)C(=O)NC1CC(=O)N(C(C)(C)C)C1.Cl. The van der Waals surface area contributed by atoms with Gasteiger partial charge in [-0.05, 0) is 39.2 Å². The van der Waals surface area contributed by atoms with Crippen LogP contribution in [0.4, 0.5) is 0 Å². The van der Waals surface area contributed by atoms with Gasteiger partial charge in [-0.2, -0.15) is 11.8 Å². The van der Waals surface area contributed by atoms with Crippen molar-refractivity contribution in [2.24, 2.45) is 5.73 Å². The minimum absolute atomic E-state index is 0. The summed E-state index contributed by atoms with van der Waals surface area (Å²) in [6, 6.07) is -0.592. The van der Waals surface area contributed by atoms with Crippen molar-refractivity contribution in [2.75, 3.05) is 18.6 Å². The van der Waals surface area contributed by atoms with Gasteiger partial charge in [0.2, 0.25) is 11.8 Å². The Hall–Kier alpha value is -0.460. The molecule has 1 aliphatic heterocycles. The number of nitrogens with zero attached hydrogens (tertiary/aromatic N) is 1. The first-order valence-corrected chi connectivity index (χ1v) is 8.00. The Morgan fingerprint density at radius 2 is 2.15 bits per heavy atom. The number of thioether (sulfide) groups is 1. The lowest BCUT2D eigenvalue weighted by Gasteiger charge is -2.32. The zero-order valence-electron chi connectivity index (χ0n) is 12.6. The number of amides is 2. The van der Waals surface area contributed by atoms with Gasteiger partial charge in [0.05, 0.1) is 12.1 Å². The summed E-state index contributed by atoms with van der Waals surface area (Å²) in [5.74, 6) is 0.810. The maximum absolute atomic E-state index is 11.9. The maximum atomic E-state index is 11.9. The summed E-state index contributed by atoms with van der Waals surface area (Å²) in [6.07, 6.45) is 3.02. The van der Waals surface area contributed by atoms with E-state index in [1.165, 1.54) is 0 Å². The second kappa shape index (κ2) is 8.10. The van der Waals surface area contributed by atoms with Crippen LogP contribution >= 0.6 is 24.2 Å². The Kier molecular flexibility index (Phi) is 7.91. The lowest BCUT2D eigenvalue weighted by Crippen LogP contribution is -2.48. The molecule has 0 radical (unpaired) electrons. The second-order valence-corrected chi connectivity index (χ2v) is 6.96. The number of nitrogens with two attached hydrogens (primary N) is 1. The Morgan fingerprint density at radius 1 is 1.55 bits per heavy atom. The summed E-state index contributed by atoms with van der Waals surface area (Å²) in [7, 11) is 0. The van der Waals surface area contributed by atoms with Crippen LogP contribution in [-0.2, 0) is 9.59 Å². The molecule has 1 unspecified atom stereocenters. The molecule has 5 nitrogen and oxygen atoms in total. The number of likely N-dealkylation sites (tertiary alicyclic amines) is 1. The van der Waals surface area contributed by atoms with Crippen LogP contribution < -0.4 is 11.1 Å². The predicted molar refractivity (Wildman–Crippen MR) is 86.2 cm³/mol. The Morgan fingerprint density at radius 3 is 2.60 bits per heavy atom. The van der Waals surface area contributed by atoms with E-state index in [9.17, 15) is 9.59 Å². The molecular formula is C13H26ClN3O2S. The molecule has 3 N–H and O–H groups in total. The van der Waals surface area contributed by atoms with E-state index in [0.29, 0.717) is 19.4 Å². The molecule has 0 aliphatic carbocycles. The highest BCUT2D eigenvalue weighted by Gasteiger charge is 2.37. The van der Waals surface area contributed by atoms with Crippen molar-refractivity contribution in [2.45, 2.75) is 51.2 Å². The predicted octanol–water partition coefficient (Wildman–Crippen LogP) is 1.00. The fraction of sp³-hybridized carbons (Fsp3) is 0.846. The van der Waals surface area contributed by atoms with Gasteiger partial charge < -0.3 is 16.0 Å². The smallest absolute Gasteiger partial charge is 0.237 e. The molecule has 118 valence electrons. The minimum atomic E-state index is -0.480. The largest absolute Gasteiger partial charge is 0.350 e. The molecule has 0 spiro atoms. The van der Waals surface area contributed by atoms with Crippen molar-refractivity contribution < 1.29 is 9.59 Å². The van der Waals surface area contributed by atoms with E-state index in [4.69, 9.17) is 5.73 Å². The third-order valence-electron chi connectivity index (χ3n) is 3.25. The second-order valence-electron chi connectivity index (χ2n) is 5.97. The van der Waals surface area contributed by atoms with Crippen molar-refractivity contribution in [1.82, 2.24) is 10.2 Å². The lowest BCUT2D eigenvalue weighted by molar-refractivity contribution is -0.131. The van der Waals surface area contributed by atoms with Gasteiger partial charge in [-0.3, -0.25) is 9.59 Å². The fourth-order valence-corrected chi connectivity index (χ4v) is 2.63. The topological polar surface area (TPSA) is 75.4 Å². The van der Waals surface area contributed by atoms with Gasteiger partial charge in [0.15, 0.2) is 0 Å². The molecule has 1 fully saturated rings. The van der Waals surface area contributed by atoms with E-state index in [2.05, 4.69) is 5.32 Å². The summed E-state index contributed by atoms with van der Waals surface area (Å²) >= 11 is 1.67. The third-order valence-corrected chi connectivity index (χ3v) is 3.89. The molecule has 1 rings (SSSR count). The van der Waals surface area contributed by atoms with Gasteiger partial charge in [0.25, 0.3) is 0 Å². The average Bonchev–Trinajstić information content (AvgIpc) is 2.66. The van der Waals surface area contributed by atoms with E-state index < -0.39 is 6.04 Å². The van der Waals surface area contributed by atoms with E-state index in [1.54, 1.807) is 11.8 Å². The molecule has 20 heavy (non-hydrogen) atoms. The van der Waals surface area contributed by atoms with Crippen LogP contribution in [0.15, 0.2) is 0 Å². The van der Waals surface area contributed by atoms with Gasteiger partial charge in [-0.1, -0.05) is 0 Å². The van der Waals surface area contributed by atoms with E-state index in [0.717, 1.165) is 5.75 Å². The molecule has 2 atom stereocenters. The summed E-state index contributed by atoms with van der Waals surface area (Å²) in [4.78, 5) is 25.6. The van der Waals surface area contributed by atoms with Crippen molar-refractivity contribution in [3.05, 3.63) is 0 Å². The summed E-state index contributed by atoms with van der Waals surface area (Å²) in [5.41, 5.74) is 5.62. The van der Waals surface area contributed by atoms with Crippen molar-refractivity contribution >= 4 is 36.0 Å². The minimum Gasteiger partial charge on any atom is -0.350 e. The zero-order chi connectivity index (χ0) is 14.6. The first-order chi connectivity index (χ1) is 8.75. The molecular weight excluding hydrogens is 298 g/mol. The van der Waals surface area contributed by atoms with Crippen molar-refractivity contribution in [3.63, 3.8) is 0 Å². The molecule has 0 aromatic rings. The van der Waals surface area contributed by atoms with Crippen molar-refractivity contribution in [3.8, 4) is 0 Å². The monoisotopic (exact) mass is 323 g/mol. The van der Waals surface area contributed by atoms with Crippen LogP contribution in [-0.4, -0.2) is 52.9 Å². The molecule has 0 aromatic heterocycles. The zero-order valence-corrected chi connectivity index (χ0v) is 14.3. The Balaban J connectivity index is 0.00000361. The molecule has 1 heterocycles. The average molecular weight is 324 g/mol. The summed E-state index contributed by atoms with van der Waals surface area (Å²) in [5, 5.41) is 2.88. The number of carbonyl (C=O) groups excluding carboxylic acids is 2. The van der Waals surface area contributed by atoms with Gasteiger partial charge in [-0.25, -0.2) is 0 Å². The van der Waals surface area contributed by atoms with Crippen LogP contribution in [0.1, 0.15) is 33.6 Å². The fourth-order valence-electron chi connectivity index (χ4n) is 2.14. The number of hydrogen-bond acceptors (Lipinski definition) is 4.